The molecule has 68 valence electrons. The van der Waals surface area contributed by atoms with Gasteiger partial charge >= 0.3 is 0 Å². The monoisotopic (exact) mass is 194 g/mol. The lowest BCUT2D eigenvalue weighted by Crippen LogP contribution is -1.98. The molecule has 0 radical (unpaired) electrons. The van der Waals surface area contributed by atoms with E-state index in [0.29, 0.717) is 16.6 Å². The lowest BCUT2D eigenvalue weighted by molar-refractivity contribution is 0.646. The first-order chi connectivity index (χ1) is 6.15. The fourth-order valence-electron chi connectivity index (χ4n) is 1.20. The van der Waals surface area contributed by atoms with E-state index >= 15 is 0 Å². The molecule has 0 atom stereocenters. The standard InChI is InChI=1S/C10H11ClN2/c1-7(2)5-8-3-4-13-10(11)9(8)6-12/h3-4,7H,5H2,1-2H3. The first-order valence-electron chi connectivity index (χ1n) is 4.18. The van der Waals surface area contributed by atoms with Gasteiger partial charge in [-0.3, -0.25) is 0 Å². The molecule has 0 saturated heterocycles. The fourth-order valence-corrected chi connectivity index (χ4v) is 1.42. The van der Waals surface area contributed by atoms with E-state index in [1.165, 1.54) is 0 Å². The Bertz CT molecular complexity index is 339. The van der Waals surface area contributed by atoms with Crippen molar-refractivity contribution in [2.24, 2.45) is 5.92 Å². The maximum absolute atomic E-state index is 8.84. The third-order valence-electron chi connectivity index (χ3n) is 1.73. The number of nitrogens with zero attached hydrogens (tertiary/aromatic N) is 2. The molecule has 0 aromatic carbocycles. The zero-order valence-corrected chi connectivity index (χ0v) is 8.47. The van der Waals surface area contributed by atoms with Crippen molar-refractivity contribution in [2.75, 3.05) is 0 Å². The van der Waals surface area contributed by atoms with Crippen molar-refractivity contribution < 1.29 is 0 Å². The van der Waals surface area contributed by atoms with Crippen LogP contribution in [0.15, 0.2) is 12.3 Å². The van der Waals surface area contributed by atoms with Gasteiger partial charge in [0.25, 0.3) is 0 Å². The Balaban J connectivity index is 3.07. The molecule has 0 N–H and O–H groups in total. The van der Waals surface area contributed by atoms with Crippen molar-refractivity contribution in [3.63, 3.8) is 0 Å². The highest BCUT2D eigenvalue weighted by atomic mass is 35.5. The van der Waals surface area contributed by atoms with Crippen molar-refractivity contribution in [3.05, 3.63) is 28.5 Å². The van der Waals surface area contributed by atoms with Gasteiger partial charge in [-0.1, -0.05) is 25.4 Å². The second kappa shape index (κ2) is 4.25. The van der Waals surface area contributed by atoms with E-state index in [1.807, 2.05) is 6.07 Å². The summed E-state index contributed by atoms with van der Waals surface area (Å²) in [6, 6.07) is 3.93. The van der Waals surface area contributed by atoms with Gasteiger partial charge in [0.2, 0.25) is 0 Å². The van der Waals surface area contributed by atoms with Gasteiger partial charge in [-0.05, 0) is 24.0 Å². The summed E-state index contributed by atoms with van der Waals surface area (Å²) in [6.07, 6.45) is 2.51. The minimum Gasteiger partial charge on any atom is -0.243 e. The lowest BCUT2D eigenvalue weighted by atomic mass is 10.0. The first kappa shape index (κ1) is 10.0. The second-order valence-electron chi connectivity index (χ2n) is 3.35. The Morgan fingerprint density at radius 3 is 2.85 bits per heavy atom. The molecular formula is C10H11ClN2. The molecule has 1 rings (SSSR count). The Kier molecular flexibility index (Phi) is 3.27. The summed E-state index contributed by atoms with van der Waals surface area (Å²) in [4.78, 5) is 3.86. The number of nitriles is 1. The van der Waals surface area contributed by atoms with E-state index in [1.54, 1.807) is 6.20 Å². The zero-order chi connectivity index (χ0) is 9.84. The number of rotatable bonds is 2. The Hall–Kier alpha value is -1.07. The van der Waals surface area contributed by atoms with Gasteiger partial charge in [0.15, 0.2) is 0 Å². The Labute approximate surface area is 83.2 Å². The first-order valence-corrected chi connectivity index (χ1v) is 4.56. The maximum atomic E-state index is 8.84. The van der Waals surface area contributed by atoms with Crippen LogP contribution < -0.4 is 0 Å². The molecule has 0 aliphatic carbocycles. The van der Waals surface area contributed by atoms with E-state index in [-0.39, 0.29) is 0 Å². The van der Waals surface area contributed by atoms with Gasteiger partial charge in [-0.2, -0.15) is 5.26 Å². The van der Waals surface area contributed by atoms with E-state index in [0.717, 1.165) is 12.0 Å². The number of hydrogen-bond acceptors (Lipinski definition) is 2. The van der Waals surface area contributed by atoms with E-state index in [4.69, 9.17) is 16.9 Å². The number of pyridine rings is 1. The van der Waals surface area contributed by atoms with Crippen molar-refractivity contribution in [3.8, 4) is 6.07 Å². The van der Waals surface area contributed by atoms with E-state index in [9.17, 15) is 0 Å². The van der Waals surface area contributed by atoms with Crippen LogP contribution in [0.3, 0.4) is 0 Å². The molecule has 0 aliphatic rings. The van der Waals surface area contributed by atoms with E-state index < -0.39 is 0 Å². The van der Waals surface area contributed by atoms with Gasteiger partial charge in [0.05, 0.1) is 5.56 Å². The van der Waals surface area contributed by atoms with Gasteiger partial charge in [0.1, 0.15) is 11.2 Å². The number of aromatic nitrogens is 1. The predicted octanol–water partition coefficient (Wildman–Crippen LogP) is 2.81. The Morgan fingerprint density at radius 2 is 2.31 bits per heavy atom. The summed E-state index contributed by atoms with van der Waals surface area (Å²) in [5.41, 5.74) is 1.50. The molecule has 1 aromatic heterocycles. The molecule has 0 fully saturated rings. The van der Waals surface area contributed by atoms with Gasteiger partial charge < -0.3 is 0 Å². The molecule has 2 nitrogen and oxygen atoms in total. The van der Waals surface area contributed by atoms with Crippen LogP contribution in [0.2, 0.25) is 5.15 Å². The molecule has 0 unspecified atom stereocenters. The third-order valence-corrected chi connectivity index (χ3v) is 2.02. The summed E-state index contributed by atoms with van der Waals surface area (Å²) in [7, 11) is 0. The van der Waals surface area contributed by atoms with Crippen molar-refractivity contribution in [1.82, 2.24) is 4.98 Å². The lowest BCUT2D eigenvalue weighted by Gasteiger charge is -2.06. The SMILES string of the molecule is CC(C)Cc1ccnc(Cl)c1C#N. The number of hydrogen-bond donors (Lipinski definition) is 0. The topological polar surface area (TPSA) is 36.7 Å². The summed E-state index contributed by atoms with van der Waals surface area (Å²) >= 11 is 5.78. The maximum Gasteiger partial charge on any atom is 0.147 e. The minimum absolute atomic E-state index is 0.306. The highest BCUT2D eigenvalue weighted by Gasteiger charge is 2.08. The molecule has 0 saturated carbocycles. The van der Waals surface area contributed by atoms with Gasteiger partial charge in [0, 0.05) is 6.20 Å². The molecule has 13 heavy (non-hydrogen) atoms. The van der Waals surface area contributed by atoms with Crippen molar-refractivity contribution >= 4 is 11.6 Å². The molecule has 0 aliphatic heterocycles. The van der Waals surface area contributed by atoms with E-state index in [2.05, 4.69) is 24.9 Å². The molecule has 3 heteroatoms. The van der Waals surface area contributed by atoms with Crippen LogP contribution in [0.25, 0.3) is 0 Å². The minimum atomic E-state index is 0.306. The van der Waals surface area contributed by atoms with Crippen LogP contribution in [-0.4, -0.2) is 4.98 Å². The smallest absolute Gasteiger partial charge is 0.147 e. The second-order valence-corrected chi connectivity index (χ2v) is 3.70. The number of halogens is 1. The van der Waals surface area contributed by atoms with Crippen LogP contribution in [-0.2, 0) is 6.42 Å². The molecule has 0 bridgehead atoms. The van der Waals surface area contributed by atoms with Crippen LogP contribution in [0.1, 0.15) is 25.0 Å². The Morgan fingerprint density at radius 1 is 1.62 bits per heavy atom. The molecule has 1 heterocycles. The quantitative estimate of drug-likeness (QED) is 0.679. The zero-order valence-electron chi connectivity index (χ0n) is 7.71. The summed E-state index contributed by atoms with van der Waals surface area (Å²) < 4.78 is 0. The average Bonchev–Trinajstić information content (AvgIpc) is 2.03. The van der Waals surface area contributed by atoms with Crippen molar-refractivity contribution in [1.29, 1.82) is 5.26 Å². The normalized spacial score (nSPS) is 10.1. The highest BCUT2D eigenvalue weighted by Crippen LogP contribution is 2.18. The summed E-state index contributed by atoms with van der Waals surface area (Å²) in [6.45, 7) is 4.21. The summed E-state index contributed by atoms with van der Waals surface area (Å²) in [5.74, 6) is 0.519. The van der Waals surface area contributed by atoms with Crippen LogP contribution >= 0.6 is 11.6 Å². The molecule has 0 amide bonds. The predicted molar refractivity (Wildman–Crippen MR) is 52.5 cm³/mol. The average molecular weight is 195 g/mol. The molecular weight excluding hydrogens is 184 g/mol. The van der Waals surface area contributed by atoms with Crippen LogP contribution in [0.4, 0.5) is 0 Å². The van der Waals surface area contributed by atoms with Gasteiger partial charge in [-0.15, -0.1) is 0 Å². The van der Waals surface area contributed by atoms with Crippen LogP contribution in [0.5, 0.6) is 0 Å². The highest BCUT2D eigenvalue weighted by molar-refractivity contribution is 6.30. The van der Waals surface area contributed by atoms with Crippen molar-refractivity contribution in [2.45, 2.75) is 20.3 Å². The van der Waals surface area contributed by atoms with Gasteiger partial charge in [-0.25, -0.2) is 4.98 Å². The fraction of sp³-hybridized carbons (Fsp3) is 0.400. The third kappa shape index (κ3) is 2.43. The molecule has 0 spiro atoms. The van der Waals surface area contributed by atoms with Crippen LogP contribution in [0, 0.1) is 17.2 Å². The largest absolute Gasteiger partial charge is 0.243 e. The molecule has 1 aromatic rings. The summed E-state index contributed by atoms with van der Waals surface area (Å²) in [5, 5.41) is 9.14.